The van der Waals surface area contributed by atoms with Gasteiger partial charge in [0.05, 0.1) is 24.1 Å². The number of anilines is 1. The van der Waals surface area contributed by atoms with E-state index in [0.717, 1.165) is 16.1 Å². The third-order valence-corrected chi connectivity index (χ3v) is 5.82. The number of hydrogen-bond donors (Lipinski definition) is 0. The molecule has 28 heavy (non-hydrogen) atoms. The summed E-state index contributed by atoms with van der Waals surface area (Å²) in [6.45, 7) is 2.17. The number of amides is 1. The smallest absolute Gasteiger partial charge is 0.246 e. The summed E-state index contributed by atoms with van der Waals surface area (Å²) in [6, 6.07) is 13.3. The standard InChI is InChI=1S/C20H25ClN2O4S/c1-5-18(20(24)22(2)14-15-9-7-6-8-10-15)23(28(4,25)26)16-11-12-19(27-3)17(21)13-16/h6-13,18H,5,14H2,1-4H3. The van der Waals surface area contributed by atoms with Gasteiger partial charge >= 0.3 is 0 Å². The van der Waals surface area contributed by atoms with E-state index >= 15 is 0 Å². The Labute approximate surface area is 171 Å². The summed E-state index contributed by atoms with van der Waals surface area (Å²) >= 11 is 6.18. The summed E-state index contributed by atoms with van der Waals surface area (Å²) in [7, 11) is -0.586. The maximum Gasteiger partial charge on any atom is 0.246 e. The van der Waals surface area contributed by atoms with Crippen molar-refractivity contribution >= 4 is 33.2 Å². The van der Waals surface area contributed by atoms with Crippen LogP contribution in [0.25, 0.3) is 0 Å². The highest BCUT2D eigenvalue weighted by molar-refractivity contribution is 7.92. The predicted octanol–water partition coefficient (Wildman–Crippen LogP) is 3.55. The van der Waals surface area contributed by atoms with Crippen molar-refractivity contribution in [2.45, 2.75) is 25.9 Å². The van der Waals surface area contributed by atoms with Crippen molar-refractivity contribution < 1.29 is 17.9 Å². The molecule has 152 valence electrons. The molecule has 1 atom stereocenters. The highest BCUT2D eigenvalue weighted by atomic mass is 35.5. The lowest BCUT2D eigenvalue weighted by molar-refractivity contribution is -0.131. The minimum Gasteiger partial charge on any atom is -0.495 e. The average molecular weight is 425 g/mol. The van der Waals surface area contributed by atoms with Crippen LogP contribution in [0, 0.1) is 0 Å². The minimum absolute atomic E-state index is 0.272. The second kappa shape index (κ2) is 9.30. The molecule has 0 aliphatic rings. The molecule has 8 heteroatoms. The van der Waals surface area contributed by atoms with Gasteiger partial charge in [0.1, 0.15) is 11.8 Å². The summed E-state index contributed by atoms with van der Waals surface area (Å²) in [5.74, 6) is 0.142. The van der Waals surface area contributed by atoms with Crippen LogP contribution in [0.3, 0.4) is 0 Å². The van der Waals surface area contributed by atoms with Crippen LogP contribution >= 0.6 is 11.6 Å². The molecule has 1 amide bonds. The first kappa shape index (κ1) is 22.0. The Morgan fingerprint density at radius 1 is 1.18 bits per heavy atom. The number of methoxy groups -OCH3 is 1. The van der Waals surface area contributed by atoms with E-state index in [-0.39, 0.29) is 10.9 Å². The van der Waals surface area contributed by atoms with Gasteiger partial charge in [0.25, 0.3) is 0 Å². The van der Waals surface area contributed by atoms with Gasteiger partial charge in [-0.05, 0) is 30.2 Å². The van der Waals surface area contributed by atoms with Crippen LogP contribution in [0.4, 0.5) is 5.69 Å². The van der Waals surface area contributed by atoms with Crippen molar-refractivity contribution in [3.05, 3.63) is 59.1 Å². The molecule has 0 N–H and O–H groups in total. The monoisotopic (exact) mass is 424 g/mol. The van der Waals surface area contributed by atoms with E-state index in [1.807, 2.05) is 30.3 Å². The lowest BCUT2D eigenvalue weighted by atomic mass is 10.1. The Kier molecular flexibility index (Phi) is 7.32. The zero-order valence-electron chi connectivity index (χ0n) is 16.4. The molecule has 0 heterocycles. The molecule has 0 spiro atoms. The number of carbonyl (C=O) groups excluding carboxylic acids is 1. The second-order valence-corrected chi connectivity index (χ2v) is 8.75. The molecule has 2 aromatic carbocycles. The number of nitrogens with zero attached hydrogens (tertiary/aromatic N) is 2. The number of halogens is 1. The summed E-state index contributed by atoms with van der Waals surface area (Å²) < 4.78 is 31.4. The Morgan fingerprint density at radius 2 is 1.82 bits per heavy atom. The number of hydrogen-bond acceptors (Lipinski definition) is 4. The summed E-state index contributed by atoms with van der Waals surface area (Å²) in [6.07, 6.45) is 1.40. The molecule has 1 unspecified atom stereocenters. The van der Waals surface area contributed by atoms with Gasteiger partial charge in [-0.15, -0.1) is 0 Å². The highest BCUT2D eigenvalue weighted by Gasteiger charge is 2.33. The van der Waals surface area contributed by atoms with Crippen molar-refractivity contribution in [2.24, 2.45) is 0 Å². The Hall–Kier alpha value is -2.25. The molecule has 0 fully saturated rings. The lowest BCUT2D eigenvalue weighted by Gasteiger charge is -2.33. The quantitative estimate of drug-likeness (QED) is 0.649. The van der Waals surface area contributed by atoms with Crippen molar-refractivity contribution in [1.29, 1.82) is 0 Å². The maximum atomic E-state index is 13.1. The van der Waals surface area contributed by atoms with Gasteiger partial charge in [0.2, 0.25) is 15.9 Å². The average Bonchev–Trinajstić information content (AvgIpc) is 2.65. The van der Waals surface area contributed by atoms with Crippen molar-refractivity contribution in [2.75, 3.05) is 24.7 Å². The Balaban J connectivity index is 2.37. The van der Waals surface area contributed by atoms with Gasteiger partial charge in [-0.25, -0.2) is 8.42 Å². The molecule has 0 aliphatic carbocycles. The molecule has 0 saturated carbocycles. The Bertz CT molecular complexity index is 919. The number of likely N-dealkylation sites (N-methyl/N-ethyl adjacent to an activating group) is 1. The first-order valence-electron chi connectivity index (χ1n) is 8.80. The van der Waals surface area contributed by atoms with E-state index in [2.05, 4.69) is 0 Å². The fourth-order valence-electron chi connectivity index (χ4n) is 3.03. The molecule has 0 saturated heterocycles. The van der Waals surface area contributed by atoms with E-state index in [1.165, 1.54) is 18.1 Å². The van der Waals surface area contributed by atoms with Crippen LogP contribution in [0.5, 0.6) is 5.75 Å². The van der Waals surface area contributed by atoms with Gasteiger partial charge in [0, 0.05) is 13.6 Å². The van der Waals surface area contributed by atoms with E-state index in [0.29, 0.717) is 24.4 Å². The van der Waals surface area contributed by atoms with Crippen LogP contribution in [0.2, 0.25) is 5.02 Å². The molecule has 2 rings (SSSR count). The van der Waals surface area contributed by atoms with Crippen LogP contribution in [-0.2, 0) is 21.4 Å². The number of rotatable bonds is 8. The fourth-order valence-corrected chi connectivity index (χ4v) is 4.48. The largest absolute Gasteiger partial charge is 0.495 e. The highest BCUT2D eigenvalue weighted by Crippen LogP contribution is 2.32. The molecular formula is C20H25ClN2O4S. The van der Waals surface area contributed by atoms with Crippen LogP contribution in [0.1, 0.15) is 18.9 Å². The van der Waals surface area contributed by atoms with E-state index in [9.17, 15) is 13.2 Å². The van der Waals surface area contributed by atoms with E-state index in [1.54, 1.807) is 26.1 Å². The SMILES string of the molecule is CCC(C(=O)N(C)Cc1ccccc1)N(c1ccc(OC)c(Cl)c1)S(C)(=O)=O. The first-order chi connectivity index (χ1) is 13.2. The number of sulfonamides is 1. The van der Waals surface area contributed by atoms with Gasteiger partial charge in [-0.1, -0.05) is 48.9 Å². The van der Waals surface area contributed by atoms with E-state index in [4.69, 9.17) is 16.3 Å². The van der Waals surface area contributed by atoms with Gasteiger partial charge in [0.15, 0.2) is 0 Å². The third-order valence-electron chi connectivity index (χ3n) is 4.34. The van der Waals surface area contributed by atoms with E-state index < -0.39 is 16.1 Å². The van der Waals surface area contributed by atoms with Crippen molar-refractivity contribution in [1.82, 2.24) is 4.90 Å². The molecule has 0 bridgehead atoms. The summed E-state index contributed by atoms with van der Waals surface area (Å²) in [4.78, 5) is 14.6. The van der Waals surface area contributed by atoms with Crippen molar-refractivity contribution in [3.8, 4) is 5.75 Å². The van der Waals surface area contributed by atoms with Crippen LogP contribution in [0.15, 0.2) is 48.5 Å². The van der Waals surface area contributed by atoms with Gasteiger partial charge < -0.3 is 9.64 Å². The predicted molar refractivity (Wildman–Crippen MR) is 112 cm³/mol. The van der Waals surface area contributed by atoms with Gasteiger partial charge in [-0.3, -0.25) is 9.10 Å². The lowest BCUT2D eigenvalue weighted by Crippen LogP contribution is -2.49. The Morgan fingerprint density at radius 3 is 2.32 bits per heavy atom. The number of ether oxygens (including phenoxy) is 1. The second-order valence-electron chi connectivity index (χ2n) is 6.48. The number of carbonyl (C=O) groups is 1. The molecule has 0 radical (unpaired) electrons. The molecular weight excluding hydrogens is 400 g/mol. The van der Waals surface area contributed by atoms with Crippen LogP contribution < -0.4 is 9.04 Å². The fraction of sp³-hybridized carbons (Fsp3) is 0.350. The third kappa shape index (κ3) is 5.17. The normalized spacial score (nSPS) is 12.3. The first-order valence-corrected chi connectivity index (χ1v) is 11.0. The zero-order valence-corrected chi connectivity index (χ0v) is 18.0. The summed E-state index contributed by atoms with van der Waals surface area (Å²) in [5.41, 5.74) is 1.29. The van der Waals surface area contributed by atoms with Crippen molar-refractivity contribution in [3.63, 3.8) is 0 Å². The van der Waals surface area contributed by atoms with Crippen LogP contribution in [-0.4, -0.2) is 45.7 Å². The number of benzene rings is 2. The molecule has 0 aromatic heterocycles. The topological polar surface area (TPSA) is 66.9 Å². The maximum absolute atomic E-state index is 13.1. The molecule has 6 nitrogen and oxygen atoms in total. The molecule has 2 aromatic rings. The molecule has 0 aliphatic heterocycles. The van der Waals surface area contributed by atoms with Gasteiger partial charge in [-0.2, -0.15) is 0 Å². The zero-order chi connectivity index (χ0) is 20.9. The minimum atomic E-state index is -3.73. The summed E-state index contributed by atoms with van der Waals surface area (Å²) in [5, 5.41) is 0.272.